The van der Waals surface area contributed by atoms with Gasteiger partial charge in [0.2, 0.25) is 5.91 Å². The number of ether oxygens (including phenoxy) is 1. The highest BCUT2D eigenvalue weighted by Crippen LogP contribution is 2.26. The molecule has 0 aliphatic rings. The van der Waals surface area contributed by atoms with Crippen LogP contribution in [0.3, 0.4) is 0 Å². The third-order valence-corrected chi connectivity index (χ3v) is 4.15. The van der Waals surface area contributed by atoms with Gasteiger partial charge < -0.3 is 20.0 Å². The molecule has 0 aliphatic carbocycles. The standard InChI is InChI=1S/C21H21N3O4/c1-28-17-12-10-16(11-13-17)24-19(22-20(25)8-5-9-21(26)27)14-18(23-24)15-6-3-2-4-7-15/h2-4,6-7,10-14H,5,8-9H2,1H3,(H,22,25)(H,26,27)/p-1. The number of benzene rings is 2. The SMILES string of the molecule is COc1ccc(-n2nc(-c3ccccc3)cc2NC(=O)CCCC(=O)[O-])cc1. The van der Waals surface area contributed by atoms with Gasteiger partial charge in [-0.1, -0.05) is 30.3 Å². The van der Waals surface area contributed by atoms with Crippen molar-refractivity contribution in [2.24, 2.45) is 0 Å². The Bertz CT molecular complexity index is 950. The summed E-state index contributed by atoms with van der Waals surface area (Å²) >= 11 is 0. The molecule has 144 valence electrons. The van der Waals surface area contributed by atoms with Crippen molar-refractivity contribution in [3.8, 4) is 22.7 Å². The van der Waals surface area contributed by atoms with Crippen molar-refractivity contribution in [3.63, 3.8) is 0 Å². The normalized spacial score (nSPS) is 10.5. The molecule has 0 saturated carbocycles. The Morgan fingerprint density at radius 1 is 1.07 bits per heavy atom. The van der Waals surface area contributed by atoms with Crippen molar-refractivity contribution in [1.29, 1.82) is 0 Å². The molecular weight excluding hydrogens is 358 g/mol. The van der Waals surface area contributed by atoms with E-state index in [2.05, 4.69) is 10.4 Å². The molecule has 7 heteroatoms. The number of nitrogens with zero attached hydrogens (tertiary/aromatic N) is 2. The van der Waals surface area contributed by atoms with Crippen molar-refractivity contribution >= 4 is 17.7 Å². The zero-order valence-electron chi connectivity index (χ0n) is 15.4. The largest absolute Gasteiger partial charge is 0.550 e. The first kappa shape index (κ1) is 19.2. The van der Waals surface area contributed by atoms with E-state index in [1.165, 1.54) is 0 Å². The lowest BCUT2D eigenvalue weighted by Gasteiger charge is -2.09. The molecule has 3 aromatic rings. The summed E-state index contributed by atoms with van der Waals surface area (Å²) in [6.07, 6.45) is 0.152. The van der Waals surface area contributed by atoms with E-state index >= 15 is 0 Å². The Hall–Kier alpha value is -3.61. The van der Waals surface area contributed by atoms with Crippen LogP contribution in [0.4, 0.5) is 5.82 Å². The van der Waals surface area contributed by atoms with Crippen molar-refractivity contribution in [2.45, 2.75) is 19.3 Å². The van der Waals surface area contributed by atoms with Gasteiger partial charge in [-0.25, -0.2) is 4.68 Å². The fourth-order valence-electron chi connectivity index (χ4n) is 2.74. The Kier molecular flexibility index (Phi) is 6.06. The molecular formula is C21H20N3O4-. The molecule has 28 heavy (non-hydrogen) atoms. The van der Waals surface area contributed by atoms with Gasteiger partial charge in [-0.2, -0.15) is 5.10 Å². The summed E-state index contributed by atoms with van der Waals surface area (Å²) in [5.74, 6) is -0.229. The van der Waals surface area contributed by atoms with Gasteiger partial charge in [0.1, 0.15) is 11.6 Å². The van der Waals surface area contributed by atoms with Crippen LogP contribution in [-0.4, -0.2) is 28.8 Å². The van der Waals surface area contributed by atoms with Gasteiger partial charge in [-0.05, 0) is 37.1 Å². The summed E-state index contributed by atoms with van der Waals surface area (Å²) < 4.78 is 6.82. The first-order valence-corrected chi connectivity index (χ1v) is 8.86. The minimum Gasteiger partial charge on any atom is -0.550 e. The van der Waals surface area contributed by atoms with Crippen molar-refractivity contribution in [1.82, 2.24) is 9.78 Å². The second kappa shape index (κ2) is 8.85. The minimum absolute atomic E-state index is 0.0858. The lowest BCUT2D eigenvalue weighted by molar-refractivity contribution is -0.305. The van der Waals surface area contributed by atoms with Gasteiger partial charge in [0, 0.05) is 24.0 Å². The third kappa shape index (κ3) is 4.76. The highest BCUT2D eigenvalue weighted by Gasteiger charge is 2.14. The number of amides is 1. The molecule has 0 spiro atoms. The van der Waals surface area contributed by atoms with Crippen LogP contribution in [0.15, 0.2) is 60.7 Å². The maximum atomic E-state index is 12.2. The van der Waals surface area contributed by atoms with Gasteiger partial charge in [-0.3, -0.25) is 4.79 Å². The number of aromatic nitrogens is 2. The van der Waals surface area contributed by atoms with Gasteiger partial charge in [0.05, 0.1) is 18.5 Å². The van der Waals surface area contributed by atoms with Crippen LogP contribution in [0.25, 0.3) is 16.9 Å². The van der Waals surface area contributed by atoms with Crippen LogP contribution >= 0.6 is 0 Å². The molecule has 1 aromatic heterocycles. The quantitative estimate of drug-likeness (QED) is 0.649. The first-order chi connectivity index (χ1) is 13.6. The monoisotopic (exact) mass is 378 g/mol. The lowest BCUT2D eigenvalue weighted by Crippen LogP contribution is -2.22. The second-order valence-electron chi connectivity index (χ2n) is 6.16. The summed E-state index contributed by atoms with van der Waals surface area (Å²) in [7, 11) is 1.59. The molecule has 0 saturated heterocycles. The molecule has 2 aromatic carbocycles. The van der Waals surface area contributed by atoms with E-state index in [-0.39, 0.29) is 25.2 Å². The molecule has 0 unspecified atom stereocenters. The van der Waals surface area contributed by atoms with Gasteiger partial charge in [0.15, 0.2) is 0 Å². The smallest absolute Gasteiger partial charge is 0.225 e. The van der Waals surface area contributed by atoms with Gasteiger partial charge >= 0.3 is 0 Å². The highest BCUT2D eigenvalue weighted by molar-refractivity contribution is 5.91. The second-order valence-corrected chi connectivity index (χ2v) is 6.16. The van der Waals surface area contributed by atoms with E-state index in [4.69, 9.17) is 4.74 Å². The van der Waals surface area contributed by atoms with E-state index in [1.807, 2.05) is 54.6 Å². The summed E-state index contributed by atoms with van der Waals surface area (Å²) in [5, 5.41) is 18.0. The molecule has 1 heterocycles. The fourth-order valence-corrected chi connectivity index (χ4v) is 2.74. The van der Waals surface area contributed by atoms with Crippen LogP contribution in [0.2, 0.25) is 0 Å². The Balaban J connectivity index is 1.88. The van der Waals surface area contributed by atoms with E-state index in [0.717, 1.165) is 11.3 Å². The molecule has 3 rings (SSSR count). The number of carbonyl (C=O) groups excluding carboxylic acids is 2. The average Bonchev–Trinajstić information content (AvgIpc) is 3.12. The number of methoxy groups -OCH3 is 1. The lowest BCUT2D eigenvalue weighted by atomic mass is 10.1. The molecule has 1 N–H and O–H groups in total. The number of carbonyl (C=O) groups is 2. The average molecular weight is 378 g/mol. The van der Waals surface area contributed by atoms with Crippen LogP contribution < -0.4 is 15.2 Å². The molecule has 0 fully saturated rings. The number of aliphatic carboxylic acids is 1. The van der Waals surface area contributed by atoms with Gasteiger partial charge in [-0.15, -0.1) is 0 Å². The van der Waals surface area contributed by atoms with Crippen LogP contribution in [0, 0.1) is 0 Å². The molecule has 7 nitrogen and oxygen atoms in total. The van der Waals surface area contributed by atoms with Crippen molar-refractivity contribution < 1.29 is 19.4 Å². The Morgan fingerprint density at radius 2 is 1.79 bits per heavy atom. The highest BCUT2D eigenvalue weighted by atomic mass is 16.5. The van der Waals surface area contributed by atoms with Crippen molar-refractivity contribution in [3.05, 3.63) is 60.7 Å². The molecule has 0 atom stereocenters. The summed E-state index contributed by atoms with van der Waals surface area (Å²) in [6.45, 7) is 0. The van der Waals surface area contributed by atoms with Crippen LogP contribution in [0.1, 0.15) is 19.3 Å². The van der Waals surface area contributed by atoms with E-state index in [0.29, 0.717) is 17.3 Å². The number of hydrogen-bond donors (Lipinski definition) is 1. The molecule has 1 amide bonds. The Labute approximate surface area is 162 Å². The number of rotatable bonds is 8. The minimum atomic E-state index is -1.16. The number of nitrogens with one attached hydrogen (secondary N) is 1. The predicted molar refractivity (Wildman–Crippen MR) is 103 cm³/mol. The molecule has 0 bridgehead atoms. The topological polar surface area (TPSA) is 96.3 Å². The number of carboxylic acid groups (broad SMARTS) is 1. The number of anilines is 1. The summed E-state index contributed by atoms with van der Waals surface area (Å²) in [5.41, 5.74) is 2.39. The summed E-state index contributed by atoms with van der Waals surface area (Å²) in [4.78, 5) is 22.8. The maximum absolute atomic E-state index is 12.2. The summed E-state index contributed by atoms with van der Waals surface area (Å²) in [6, 6.07) is 18.7. The first-order valence-electron chi connectivity index (χ1n) is 8.86. The fraction of sp³-hybridized carbons (Fsp3) is 0.190. The van der Waals surface area contributed by atoms with E-state index in [1.54, 1.807) is 17.9 Å². The molecule has 0 radical (unpaired) electrons. The zero-order valence-corrected chi connectivity index (χ0v) is 15.4. The molecule has 0 aliphatic heterocycles. The Morgan fingerprint density at radius 3 is 2.43 bits per heavy atom. The van der Waals surface area contributed by atoms with Crippen LogP contribution in [-0.2, 0) is 9.59 Å². The predicted octanol–water partition coefficient (Wildman–Crippen LogP) is 2.41. The number of hydrogen-bond acceptors (Lipinski definition) is 5. The zero-order chi connectivity index (χ0) is 19.9. The van der Waals surface area contributed by atoms with Crippen LogP contribution in [0.5, 0.6) is 5.75 Å². The third-order valence-electron chi connectivity index (χ3n) is 4.15. The van der Waals surface area contributed by atoms with Gasteiger partial charge in [0.25, 0.3) is 0 Å². The maximum Gasteiger partial charge on any atom is 0.225 e. The van der Waals surface area contributed by atoms with E-state index < -0.39 is 5.97 Å². The number of carboxylic acids is 1. The van der Waals surface area contributed by atoms with Crippen molar-refractivity contribution in [2.75, 3.05) is 12.4 Å². The van der Waals surface area contributed by atoms with E-state index in [9.17, 15) is 14.7 Å².